The molecule has 76 valence electrons. The highest BCUT2D eigenvalue weighted by Gasteiger charge is 2.06. The van der Waals surface area contributed by atoms with E-state index in [1.165, 1.54) is 0 Å². The van der Waals surface area contributed by atoms with Crippen LogP contribution in [0.3, 0.4) is 0 Å². The van der Waals surface area contributed by atoms with Gasteiger partial charge >= 0.3 is 0 Å². The first-order chi connectivity index (χ1) is 7.18. The summed E-state index contributed by atoms with van der Waals surface area (Å²) in [7, 11) is 0. The van der Waals surface area contributed by atoms with Crippen LogP contribution in [0.1, 0.15) is 5.56 Å². The van der Waals surface area contributed by atoms with Crippen LogP contribution < -0.4 is 11.5 Å². The Hall–Kier alpha value is -2.03. The zero-order valence-electron chi connectivity index (χ0n) is 8.57. The molecule has 1 aromatic heterocycles. The summed E-state index contributed by atoms with van der Waals surface area (Å²) in [5.74, 6) is 0.555. The van der Waals surface area contributed by atoms with Gasteiger partial charge in [0.25, 0.3) is 0 Å². The summed E-state index contributed by atoms with van der Waals surface area (Å²) < 4.78 is 0. The van der Waals surface area contributed by atoms with E-state index in [0.717, 1.165) is 22.4 Å². The van der Waals surface area contributed by atoms with Gasteiger partial charge < -0.3 is 11.5 Å². The van der Waals surface area contributed by atoms with Gasteiger partial charge in [-0.25, -0.2) is 4.98 Å². The number of nitrogen functional groups attached to an aromatic ring is 2. The van der Waals surface area contributed by atoms with Crippen LogP contribution in [0.15, 0.2) is 36.5 Å². The first-order valence-corrected chi connectivity index (χ1v) is 4.75. The van der Waals surface area contributed by atoms with Gasteiger partial charge in [0, 0.05) is 17.4 Å². The minimum absolute atomic E-state index is 0.555. The lowest BCUT2D eigenvalue weighted by Gasteiger charge is -2.08. The van der Waals surface area contributed by atoms with Crippen molar-refractivity contribution in [3.05, 3.63) is 42.1 Å². The highest BCUT2D eigenvalue weighted by atomic mass is 14.8. The van der Waals surface area contributed by atoms with Crippen LogP contribution in [-0.2, 0) is 0 Å². The van der Waals surface area contributed by atoms with Gasteiger partial charge in [-0.15, -0.1) is 0 Å². The molecule has 1 aromatic carbocycles. The normalized spacial score (nSPS) is 10.2. The van der Waals surface area contributed by atoms with Gasteiger partial charge in [0.1, 0.15) is 5.82 Å². The highest BCUT2D eigenvalue weighted by molar-refractivity contribution is 5.77. The van der Waals surface area contributed by atoms with E-state index in [-0.39, 0.29) is 0 Å². The van der Waals surface area contributed by atoms with Crippen LogP contribution in [0.2, 0.25) is 0 Å². The second-order valence-corrected chi connectivity index (χ2v) is 3.51. The first-order valence-electron chi connectivity index (χ1n) is 4.75. The summed E-state index contributed by atoms with van der Waals surface area (Å²) in [6.07, 6.45) is 1.71. The Kier molecular flexibility index (Phi) is 2.29. The molecule has 4 N–H and O–H groups in total. The van der Waals surface area contributed by atoms with Crippen LogP contribution in [-0.4, -0.2) is 4.98 Å². The number of nitrogens with two attached hydrogens (primary N) is 2. The van der Waals surface area contributed by atoms with E-state index < -0.39 is 0 Å². The number of pyridine rings is 1. The molecule has 3 heteroatoms. The largest absolute Gasteiger partial charge is 0.399 e. The molecule has 15 heavy (non-hydrogen) atoms. The summed E-state index contributed by atoms with van der Waals surface area (Å²) in [4.78, 5) is 4.09. The second kappa shape index (κ2) is 3.61. The second-order valence-electron chi connectivity index (χ2n) is 3.51. The Labute approximate surface area is 88.8 Å². The van der Waals surface area contributed by atoms with E-state index in [1.807, 2.05) is 37.3 Å². The minimum Gasteiger partial charge on any atom is -0.399 e. The molecule has 0 spiro atoms. The number of nitrogens with zero attached hydrogens (tertiary/aromatic N) is 1. The van der Waals surface area contributed by atoms with Crippen LogP contribution in [0.25, 0.3) is 11.1 Å². The van der Waals surface area contributed by atoms with E-state index >= 15 is 0 Å². The van der Waals surface area contributed by atoms with Crippen molar-refractivity contribution in [2.24, 2.45) is 0 Å². The Morgan fingerprint density at radius 3 is 2.27 bits per heavy atom. The molecular formula is C12H13N3. The average molecular weight is 199 g/mol. The number of rotatable bonds is 1. The van der Waals surface area contributed by atoms with Gasteiger partial charge in [-0.3, -0.25) is 0 Å². The van der Waals surface area contributed by atoms with E-state index in [1.54, 1.807) is 6.20 Å². The molecule has 0 aliphatic heterocycles. The van der Waals surface area contributed by atoms with E-state index in [4.69, 9.17) is 11.5 Å². The van der Waals surface area contributed by atoms with E-state index in [0.29, 0.717) is 5.82 Å². The third kappa shape index (κ3) is 1.76. The fraction of sp³-hybridized carbons (Fsp3) is 0.0833. The van der Waals surface area contributed by atoms with Crippen molar-refractivity contribution in [3.8, 4) is 11.1 Å². The van der Waals surface area contributed by atoms with E-state index in [2.05, 4.69) is 4.98 Å². The Balaban J connectivity index is 2.58. The molecule has 0 saturated carbocycles. The van der Waals surface area contributed by atoms with Crippen molar-refractivity contribution in [2.45, 2.75) is 6.92 Å². The SMILES string of the molecule is Cc1ccnc(N)c1-c1ccc(N)cc1. The molecule has 0 amide bonds. The standard InChI is InChI=1S/C12H13N3/c1-8-6-7-15-12(14)11(8)9-2-4-10(13)5-3-9/h2-7H,13H2,1H3,(H2,14,15). The van der Waals surface area contributed by atoms with Crippen molar-refractivity contribution in [1.82, 2.24) is 4.98 Å². The maximum absolute atomic E-state index is 5.85. The number of hydrogen-bond donors (Lipinski definition) is 2. The summed E-state index contributed by atoms with van der Waals surface area (Å²) in [6.45, 7) is 2.02. The molecule has 0 aliphatic rings. The third-order valence-electron chi connectivity index (χ3n) is 2.39. The van der Waals surface area contributed by atoms with Crippen LogP contribution >= 0.6 is 0 Å². The lowest BCUT2D eigenvalue weighted by atomic mass is 10.0. The summed E-state index contributed by atoms with van der Waals surface area (Å²) in [6, 6.07) is 9.58. The Morgan fingerprint density at radius 1 is 1.00 bits per heavy atom. The fourth-order valence-corrected chi connectivity index (χ4v) is 1.60. The monoisotopic (exact) mass is 199 g/mol. The van der Waals surface area contributed by atoms with Gasteiger partial charge in [-0.2, -0.15) is 0 Å². The van der Waals surface area contributed by atoms with Gasteiger partial charge in [0.2, 0.25) is 0 Å². The van der Waals surface area contributed by atoms with Gasteiger partial charge in [-0.1, -0.05) is 12.1 Å². The van der Waals surface area contributed by atoms with Crippen molar-refractivity contribution >= 4 is 11.5 Å². The van der Waals surface area contributed by atoms with Gasteiger partial charge in [-0.05, 0) is 36.2 Å². The molecule has 2 rings (SSSR count). The molecule has 0 saturated heterocycles. The summed E-state index contributed by atoms with van der Waals surface area (Å²) in [5, 5.41) is 0. The lowest BCUT2D eigenvalue weighted by molar-refractivity contribution is 1.29. The molecule has 0 atom stereocenters. The number of hydrogen-bond acceptors (Lipinski definition) is 3. The van der Waals surface area contributed by atoms with Crippen LogP contribution in [0.4, 0.5) is 11.5 Å². The molecule has 3 nitrogen and oxygen atoms in total. The van der Waals surface area contributed by atoms with Crippen molar-refractivity contribution < 1.29 is 0 Å². The minimum atomic E-state index is 0.555. The smallest absolute Gasteiger partial charge is 0.131 e. The van der Waals surface area contributed by atoms with Gasteiger partial charge in [0.05, 0.1) is 0 Å². The third-order valence-corrected chi connectivity index (χ3v) is 2.39. The zero-order valence-corrected chi connectivity index (χ0v) is 8.57. The Bertz CT molecular complexity index is 454. The molecule has 0 unspecified atom stereocenters. The number of aryl methyl sites for hydroxylation is 1. The van der Waals surface area contributed by atoms with E-state index in [9.17, 15) is 0 Å². The molecule has 2 aromatic rings. The quantitative estimate of drug-likeness (QED) is 0.692. The average Bonchev–Trinajstić information content (AvgIpc) is 2.20. The molecule has 0 bridgehead atoms. The van der Waals surface area contributed by atoms with Crippen molar-refractivity contribution in [1.29, 1.82) is 0 Å². The number of anilines is 2. The van der Waals surface area contributed by atoms with Crippen molar-refractivity contribution in [3.63, 3.8) is 0 Å². The molecule has 0 aliphatic carbocycles. The maximum atomic E-state index is 5.85. The first kappa shape index (κ1) is 9.52. The molecule has 1 heterocycles. The molecular weight excluding hydrogens is 186 g/mol. The lowest BCUT2D eigenvalue weighted by Crippen LogP contribution is -1.96. The van der Waals surface area contributed by atoms with Gasteiger partial charge in [0.15, 0.2) is 0 Å². The number of aromatic nitrogens is 1. The maximum Gasteiger partial charge on any atom is 0.131 e. The topological polar surface area (TPSA) is 64.9 Å². The van der Waals surface area contributed by atoms with Crippen LogP contribution in [0, 0.1) is 6.92 Å². The predicted molar refractivity (Wildman–Crippen MR) is 63.2 cm³/mol. The predicted octanol–water partition coefficient (Wildman–Crippen LogP) is 2.22. The summed E-state index contributed by atoms with van der Waals surface area (Å²) in [5.41, 5.74) is 15.4. The molecule has 0 radical (unpaired) electrons. The number of benzene rings is 1. The summed E-state index contributed by atoms with van der Waals surface area (Å²) >= 11 is 0. The zero-order chi connectivity index (χ0) is 10.8. The van der Waals surface area contributed by atoms with Crippen molar-refractivity contribution in [2.75, 3.05) is 11.5 Å². The fourth-order valence-electron chi connectivity index (χ4n) is 1.60. The Morgan fingerprint density at radius 2 is 1.67 bits per heavy atom. The molecule has 0 fully saturated rings. The van der Waals surface area contributed by atoms with Crippen LogP contribution in [0.5, 0.6) is 0 Å². The highest BCUT2D eigenvalue weighted by Crippen LogP contribution is 2.27.